The van der Waals surface area contributed by atoms with Gasteiger partial charge >= 0.3 is 0 Å². The molecule has 7 nitrogen and oxygen atoms in total. The standard InChI is InChI=1S/C19H21N3O4/c20-18(9-7-14-4-2-1-3-5-14)22-26-12-19(23)21-11-15-6-8-16-17(10-15)25-13-24-16/h1-6,8,10H,7,9,11-13H2,(H2,20,22)(H,21,23). The number of rotatable bonds is 8. The summed E-state index contributed by atoms with van der Waals surface area (Å²) in [5, 5.41) is 6.53. The van der Waals surface area contributed by atoms with Crippen LogP contribution in [-0.2, 0) is 22.6 Å². The molecule has 7 heteroatoms. The van der Waals surface area contributed by atoms with Crippen LogP contribution in [0, 0.1) is 0 Å². The minimum atomic E-state index is -0.276. The molecule has 136 valence electrons. The number of nitrogens with one attached hydrogen (secondary N) is 1. The summed E-state index contributed by atoms with van der Waals surface area (Å²) in [4.78, 5) is 16.8. The van der Waals surface area contributed by atoms with Gasteiger partial charge in [-0.05, 0) is 29.7 Å². The molecule has 0 saturated heterocycles. The summed E-state index contributed by atoms with van der Waals surface area (Å²) in [5.74, 6) is 1.48. The van der Waals surface area contributed by atoms with E-state index in [0.29, 0.717) is 30.3 Å². The van der Waals surface area contributed by atoms with Crippen LogP contribution in [0.3, 0.4) is 0 Å². The largest absolute Gasteiger partial charge is 0.454 e. The van der Waals surface area contributed by atoms with Gasteiger partial charge in [0.05, 0.1) is 0 Å². The average molecular weight is 355 g/mol. The van der Waals surface area contributed by atoms with Gasteiger partial charge in [0.25, 0.3) is 5.91 Å². The summed E-state index contributed by atoms with van der Waals surface area (Å²) >= 11 is 0. The molecule has 2 aromatic carbocycles. The molecule has 0 unspecified atom stereocenters. The highest BCUT2D eigenvalue weighted by molar-refractivity contribution is 5.80. The zero-order valence-corrected chi connectivity index (χ0v) is 14.3. The van der Waals surface area contributed by atoms with Crippen molar-refractivity contribution in [2.24, 2.45) is 10.9 Å². The van der Waals surface area contributed by atoms with Gasteiger partial charge in [-0.25, -0.2) is 0 Å². The fraction of sp³-hybridized carbons (Fsp3) is 0.263. The molecular formula is C19H21N3O4. The first-order valence-electron chi connectivity index (χ1n) is 8.34. The third-order valence-electron chi connectivity index (χ3n) is 3.82. The summed E-state index contributed by atoms with van der Waals surface area (Å²) in [7, 11) is 0. The highest BCUT2D eigenvalue weighted by Crippen LogP contribution is 2.32. The number of amides is 1. The molecule has 2 aromatic rings. The van der Waals surface area contributed by atoms with Crippen LogP contribution >= 0.6 is 0 Å². The number of oxime groups is 1. The fourth-order valence-corrected chi connectivity index (χ4v) is 2.44. The maximum Gasteiger partial charge on any atom is 0.261 e. The maximum absolute atomic E-state index is 11.8. The van der Waals surface area contributed by atoms with Crippen LogP contribution in [-0.4, -0.2) is 25.1 Å². The van der Waals surface area contributed by atoms with E-state index in [-0.39, 0.29) is 19.3 Å². The number of hydrogen-bond donors (Lipinski definition) is 2. The van der Waals surface area contributed by atoms with Crippen LogP contribution in [0.4, 0.5) is 0 Å². The Hall–Kier alpha value is -3.22. The Morgan fingerprint density at radius 1 is 1.12 bits per heavy atom. The van der Waals surface area contributed by atoms with E-state index in [0.717, 1.165) is 12.0 Å². The van der Waals surface area contributed by atoms with E-state index in [4.69, 9.17) is 20.0 Å². The van der Waals surface area contributed by atoms with Gasteiger partial charge in [0, 0.05) is 13.0 Å². The lowest BCUT2D eigenvalue weighted by atomic mass is 10.1. The van der Waals surface area contributed by atoms with E-state index in [9.17, 15) is 4.79 Å². The van der Waals surface area contributed by atoms with E-state index < -0.39 is 0 Å². The second kappa shape index (κ2) is 8.75. The molecule has 1 aliphatic rings. The number of amidine groups is 1. The zero-order chi connectivity index (χ0) is 18.2. The number of ether oxygens (including phenoxy) is 2. The molecule has 26 heavy (non-hydrogen) atoms. The first-order chi connectivity index (χ1) is 12.7. The first-order valence-corrected chi connectivity index (χ1v) is 8.34. The lowest BCUT2D eigenvalue weighted by molar-refractivity contribution is -0.125. The second-order valence-corrected chi connectivity index (χ2v) is 5.81. The molecule has 3 N–H and O–H groups in total. The molecule has 0 saturated carbocycles. The van der Waals surface area contributed by atoms with E-state index in [1.165, 1.54) is 5.56 Å². The van der Waals surface area contributed by atoms with Crippen molar-refractivity contribution in [3.8, 4) is 11.5 Å². The van der Waals surface area contributed by atoms with E-state index in [2.05, 4.69) is 10.5 Å². The van der Waals surface area contributed by atoms with Gasteiger partial charge in [0.1, 0.15) is 5.84 Å². The van der Waals surface area contributed by atoms with Crippen molar-refractivity contribution in [2.75, 3.05) is 13.4 Å². The molecule has 0 aromatic heterocycles. The van der Waals surface area contributed by atoms with Crippen LogP contribution in [0.1, 0.15) is 17.5 Å². The lowest BCUT2D eigenvalue weighted by Gasteiger charge is -2.06. The third kappa shape index (κ3) is 5.14. The SMILES string of the molecule is N/C(CCc1ccccc1)=N\OCC(=O)NCc1ccc2c(c1)OCO2. The van der Waals surface area contributed by atoms with Crippen molar-refractivity contribution in [3.63, 3.8) is 0 Å². The minimum absolute atomic E-state index is 0.184. The molecular weight excluding hydrogens is 334 g/mol. The van der Waals surface area contributed by atoms with E-state index in [1.807, 2.05) is 48.5 Å². The summed E-state index contributed by atoms with van der Waals surface area (Å²) in [6.07, 6.45) is 1.35. The summed E-state index contributed by atoms with van der Waals surface area (Å²) in [5.41, 5.74) is 7.88. The Balaban J connectivity index is 1.35. The Kier molecular flexibility index (Phi) is 5.92. The molecule has 0 radical (unpaired) electrons. The number of benzene rings is 2. The summed E-state index contributed by atoms with van der Waals surface area (Å²) < 4.78 is 10.5. The van der Waals surface area contributed by atoms with Gasteiger partial charge in [-0.2, -0.15) is 0 Å². The molecule has 0 aliphatic carbocycles. The van der Waals surface area contributed by atoms with Crippen molar-refractivity contribution in [1.29, 1.82) is 0 Å². The minimum Gasteiger partial charge on any atom is -0.454 e. The Morgan fingerprint density at radius 3 is 2.77 bits per heavy atom. The molecule has 0 atom stereocenters. The summed E-state index contributed by atoms with van der Waals surface area (Å²) in [6, 6.07) is 15.5. The number of fused-ring (bicyclic) bond motifs is 1. The van der Waals surface area contributed by atoms with Crippen molar-refractivity contribution >= 4 is 11.7 Å². The summed E-state index contributed by atoms with van der Waals surface area (Å²) in [6.45, 7) is 0.408. The van der Waals surface area contributed by atoms with Gasteiger partial charge in [0.15, 0.2) is 18.1 Å². The van der Waals surface area contributed by atoms with Crippen LogP contribution in [0.2, 0.25) is 0 Å². The van der Waals surface area contributed by atoms with Crippen LogP contribution in [0.15, 0.2) is 53.7 Å². The molecule has 0 fully saturated rings. The smallest absolute Gasteiger partial charge is 0.261 e. The molecule has 0 bridgehead atoms. The topological polar surface area (TPSA) is 95.2 Å². The predicted octanol–water partition coefficient (Wildman–Crippen LogP) is 1.95. The number of nitrogens with zero attached hydrogens (tertiary/aromatic N) is 1. The Bertz CT molecular complexity index is 778. The van der Waals surface area contributed by atoms with Gasteiger partial charge in [-0.3, -0.25) is 4.79 Å². The number of carbonyl (C=O) groups is 1. The molecule has 1 heterocycles. The third-order valence-corrected chi connectivity index (χ3v) is 3.82. The van der Waals surface area contributed by atoms with Crippen molar-refractivity contribution in [3.05, 3.63) is 59.7 Å². The molecule has 0 spiro atoms. The number of nitrogens with two attached hydrogens (primary N) is 1. The molecule has 1 amide bonds. The molecule has 1 aliphatic heterocycles. The Labute approximate surface area is 151 Å². The van der Waals surface area contributed by atoms with Gasteiger partial charge in [0.2, 0.25) is 6.79 Å². The van der Waals surface area contributed by atoms with E-state index >= 15 is 0 Å². The van der Waals surface area contributed by atoms with Crippen LogP contribution in [0.25, 0.3) is 0 Å². The van der Waals surface area contributed by atoms with Crippen molar-refractivity contribution in [1.82, 2.24) is 5.32 Å². The number of carbonyl (C=O) groups excluding carboxylic acids is 1. The normalized spacial score (nSPS) is 12.7. The Morgan fingerprint density at radius 2 is 1.92 bits per heavy atom. The van der Waals surface area contributed by atoms with Crippen LogP contribution in [0.5, 0.6) is 11.5 Å². The molecule has 3 rings (SSSR count). The monoisotopic (exact) mass is 355 g/mol. The van der Waals surface area contributed by atoms with Gasteiger partial charge < -0.3 is 25.4 Å². The van der Waals surface area contributed by atoms with Crippen molar-refractivity contribution < 1.29 is 19.1 Å². The first kappa shape index (κ1) is 17.6. The highest BCUT2D eigenvalue weighted by Gasteiger charge is 2.13. The van der Waals surface area contributed by atoms with Gasteiger partial charge in [-0.1, -0.05) is 41.6 Å². The average Bonchev–Trinajstić information content (AvgIpc) is 3.13. The number of hydrogen-bond acceptors (Lipinski definition) is 5. The zero-order valence-electron chi connectivity index (χ0n) is 14.3. The van der Waals surface area contributed by atoms with Crippen LogP contribution < -0.4 is 20.5 Å². The highest BCUT2D eigenvalue weighted by atomic mass is 16.7. The maximum atomic E-state index is 11.8. The van der Waals surface area contributed by atoms with E-state index in [1.54, 1.807) is 0 Å². The quantitative estimate of drug-likeness (QED) is 0.429. The lowest BCUT2D eigenvalue weighted by Crippen LogP contribution is -2.27. The van der Waals surface area contributed by atoms with Gasteiger partial charge in [-0.15, -0.1) is 0 Å². The second-order valence-electron chi connectivity index (χ2n) is 5.81. The number of aryl methyl sites for hydroxylation is 1. The van der Waals surface area contributed by atoms with Crippen molar-refractivity contribution in [2.45, 2.75) is 19.4 Å². The fourth-order valence-electron chi connectivity index (χ4n) is 2.44. The predicted molar refractivity (Wildman–Crippen MR) is 96.7 cm³/mol.